The van der Waals surface area contributed by atoms with E-state index in [1.807, 2.05) is 38.2 Å². The SMILES string of the molecule is C=C(C)CC(OC[NH+]1C=CN(C)C1/C=N\O)C(=C)C.[Cl-]. The largest absolute Gasteiger partial charge is 1.00 e. The lowest BCUT2D eigenvalue weighted by atomic mass is 10.1. The van der Waals surface area contributed by atoms with Crippen LogP contribution in [0.25, 0.3) is 0 Å². The molecular formula is C14H24ClN3O2. The summed E-state index contributed by atoms with van der Waals surface area (Å²) in [5, 5.41) is 11.8. The van der Waals surface area contributed by atoms with Crippen LogP contribution in [0.2, 0.25) is 0 Å². The van der Waals surface area contributed by atoms with Gasteiger partial charge >= 0.3 is 0 Å². The molecule has 0 bridgehead atoms. The van der Waals surface area contributed by atoms with Gasteiger partial charge in [0.25, 0.3) is 0 Å². The number of nitrogens with one attached hydrogen (secondary N) is 1. The van der Waals surface area contributed by atoms with E-state index in [0.717, 1.165) is 22.5 Å². The fraction of sp³-hybridized carbons (Fsp3) is 0.500. The summed E-state index contributed by atoms with van der Waals surface area (Å²) in [6, 6.07) is 0. The van der Waals surface area contributed by atoms with Gasteiger partial charge in [0, 0.05) is 7.05 Å². The van der Waals surface area contributed by atoms with Crippen molar-refractivity contribution >= 4 is 6.21 Å². The third kappa shape index (κ3) is 5.36. The van der Waals surface area contributed by atoms with Gasteiger partial charge in [-0.2, -0.15) is 0 Å². The Bertz CT molecular complexity index is 396. The zero-order chi connectivity index (χ0) is 14.4. The van der Waals surface area contributed by atoms with Gasteiger partial charge in [-0.05, 0) is 20.3 Å². The zero-order valence-corrected chi connectivity index (χ0v) is 13.1. The number of ether oxygens (including phenoxy) is 1. The lowest BCUT2D eigenvalue weighted by molar-refractivity contribution is -0.886. The average molecular weight is 302 g/mol. The molecule has 1 rings (SSSR count). The predicted octanol–water partition coefficient (Wildman–Crippen LogP) is -2.04. The minimum absolute atomic E-state index is 0. The van der Waals surface area contributed by atoms with Crippen molar-refractivity contribution in [1.82, 2.24) is 4.90 Å². The Morgan fingerprint density at radius 3 is 2.70 bits per heavy atom. The highest BCUT2D eigenvalue weighted by Gasteiger charge is 2.28. The molecule has 0 spiro atoms. The molecule has 1 aliphatic rings. The zero-order valence-electron chi connectivity index (χ0n) is 12.3. The van der Waals surface area contributed by atoms with Crippen molar-refractivity contribution in [1.29, 1.82) is 0 Å². The highest BCUT2D eigenvalue weighted by Crippen LogP contribution is 2.12. The Hall–Kier alpha value is -1.30. The third-order valence-electron chi connectivity index (χ3n) is 3.08. The van der Waals surface area contributed by atoms with Gasteiger partial charge in [0.1, 0.15) is 12.4 Å². The molecule has 0 aromatic heterocycles. The minimum atomic E-state index is -0.0411. The van der Waals surface area contributed by atoms with Crippen LogP contribution in [0.5, 0.6) is 0 Å². The van der Waals surface area contributed by atoms with Crippen molar-refractivity contribution in [2.24, 2.45) is 5.16 Å². The molecule has 3 atom stereocenters. The van der Waals surface area contributed by atoms with Crippen LogP contribution in [-0.2, 0) is 4.74 Å². The van der Waals surface area contributed by atoms with Crippen LogP contribution >= 0.6 is 0 Å². The summed E-state index contributed by atoms with van der Waals surface area (Å²) in [5.41, 5.74) is 2.07. The molecular weight excluding hydrogens is 278 g/mol. The highest BCUT2D eigenvalue weighted by atomic mass is 35.5. The van der Waals surface area contributed by atoms with Gasteiger partial charge < -0.3 is 27.3 Å². The van der Waals surface area contributed by atoms with E-state index in [-0.39, 0.29) is 24.7 Å². The molecule has 0 aliphatic carbocycles. The quantitative estimate of drug-likeness (QED) is 0.247. The van der Waals surface area contributed by atoms with E-state index in [2.05, 4.69) is 18.3 Å². The van der Waals surface area contributed by atoms with Gasteiger partial charge in [-0.1, -0.05) is 22.9 Å². The standard InChI is InChI=1S/C14H23N3O2.ClH/c1-11(2)8-13(12(3)4)19-10-17-7-6-16(5)14(17)9-15-18;/h6-7,9,13-14,18H,1,3,8,10H2,2,4-5H3;1H/b15-9-;. The van der Waals surface area contributed by atoms with Crippen molar-refractivity contribution in [2.45, 2.75) is 32.5 Å². The van der Waals surface area contributed by atoms with Crippen LogP contribution in [0.15, 0.2) is 41.9 Å². The van der Waals surface area contributed by atoms with Gasteiger partial charge in [0.15, 0.2) is 6.73 Å². The lowest BCUT2D eigenvalue weighted by Crippen LogP contribution is -3.12. The van der Waals surface area contributed by atoms with Crippen LogP contribution in [0, 0.1) is 0 Å². The number of hydrogen-bond acceptors (Lipinski definition) is 4. The van der Waals surface area contributed by atoms with Crippen LogP contribution in [0.4, 0.5) is 0 Å². The molecule has 2 N–H and O–H groups in total. The first-order valence-corrected chi connectivity index (χ1v) is 6.30. The molecule has 0 fully saturated rings. The van der Waals surface area contributed by atoms with Crippen LogP contribution in [-0.4, -0.2) is 42.4 Å². The molecule has 0 radical (unpaired) electrons. The number of oxime groups is 1. The maximum Gasteiger partial charge on any atom is 0.209 e. The van der Waals surface area contributed by atoms with E-state index in [1.165, 1.54) is 6.21 Å². The molecule has 6 heteroatoms. The summed E-state index contributed by atoms with van der Waals surface area (Å²) in [6.45, 7) is 12.3. The monoisotopic (exact) mass is 301 g/mol. The van der Waals surface area contributed by atoms with E-state index in [1.54, 1.807) is 0 Å². The molecule has 0 amide bonds. The van der Waals surface area contributed by atoms with Gasteiger partial charge in [-0.25, -0.2) is 0 Å². The molecule has 1 heterocycles. The number of nitrogens with zero attached hydrogens (tertiary/aromatic N) is 2. The second-order valence-corrected chi connectivity index (χ2v) is 5.07. The fourth-order valence-electron chi connectivity index (χ4n) is 1.95. The first-order valence-electron chi connectivity index (χ1n) is 6.30. The van der Waals surface area contributed by atoms with E-state index in [4.69, 9.17) is 9.94 Å². The summed E-state index contributed by atoms with van der Waals surface area (Å²) >= 11 is 0. The normalized spacial score (nSPS) is 22.9. The van der Waals surface area contributed by atoms with Crippen molar-refractivity contribution in [3.05, 3.63) is 36.7 Å². The number of quaternary nitrogens is 1. The summed E-state index contributed by atoms with van der Waals surface area (Å²) in [4.78, 5) is 3.03. The van der Waals surface area contributed by atoms with Crippen LogP contribution < -0.4 is 17.3 Å². The van der Waals surface area contributed by atoms with E-state index < -0.39 is 0 Å². The van der Waals surface area contributed by atoms with E-state index >= 15 is 0 Å². The topological polar surface area (TPSA) is 49.5 Å². The Labute approximate surface area is 127 Å². The van der Waals surface area contributed by atoms with Crippen molar-refractivity contribution in [3.8, 4) is 0 Å². The molecule has 1 aliphatic heterocycles. The molecule has 0 aromatic carbocycles. The Balaban J connectivity index is 0.00000361. The maximum atomic E-state index is 8.68. The van der Waals surface area contributed by atoms with Crippen molar-refractivity contribution in [2.75, 3.05) is 13.8 Å². The van der Waals surface area contributed by atoms with Gasteiger partial charge in [-0.15, -0.1) is 6.58 Å². The lowest BCUT2D eigenvalue weighted by Gasteiger charge is -2.24. The number of hydrogen-bond donors (Lipinski definition) is 2. The van der Waals surface area contributed by atoms with Gasteiger partial charge in [0.2, 0.25) is 6.17 Å². The molecule has 0 saturated carbocycles. The molecule has 5 nitrogen and oxygen atoms in total. The Morgan fingerprint density at radius 1 is 1.55 bits per heavy atom. The highest BCUT2D eigenvalue weighted by molar-refractivity contribution is 5.61. The molecule has 0 saturated heterocycles. The second kappa shape index (κ2) is 8.79. The summed E-state index contributed by atoms with van der Waals surface area (Å²) < 4.78 is 5.90. The van der Waals surface area contributed by atoms with Gasteiger partial charge in [0.05, 0.1) is 12.3 Å². The van der Waals surface area contributed by atoms with Crippen LogP contribution in [0.3, 0.4) is 0 Å². The smallest absolute Gasteiger partial charge is 0.209 e. The Kier molecular flexibility index (Phi) is 8.22. The van der Waals surface area contributed by atoms with Crippen molar-refractivity contribution in [3.63, 3.8) is 0 Å². The first kappa shape index (κ1) is 18.7. The summed E-state index contributed by atoms with van der Waals surface area (Å²) in [6.07, 6.45) is 6.15. The second-order valence-electron chi connectivity index (χ2n) is 5.07. The van der Waals surface area contributed by atoms with E-state index in [0.29, 0.717) is 6.73 Å². The summed E-state index contributed by atoms with van der Waals surface area (Å²) in [5.74, 6) is 0. The average Bonchev–Trinajstić information content (AvgIpc) is 2.66. The minimum Gasteiger partial charge on any atom is -1.00 e. The Morgan fingerprint density at radius 2 is 2.20 bits per heavy atom. The molecule has 20 heavy (non-hydrogen) atoms. The van der Waals surface area contributed by atoms with E-state index in [9.17, 15) is 0 Å². The van der Waals surface area contributed by atoms with Crippen LogP contribution in [0.1, 0.15) is 20.3 Å². The fourth-order valence-corrected chi connectivity index (χ4v) is 1.95. The molecule has 3 unspecified atom stereocenters. The predicted molar refractivity (Wildman–Crippen MR) is 75.9 cm³/mol. The molecule has 114 valence electrons. The number of halogens is 1. The molecule has 0 aromatic rings. The van der Waals surface area contributed by atoms with Crippen molar-refractivity contribution < 1.29 is 27.3 Å². The van der Waals surface area contributed by atoms with Gasteiger partial charge in [-0.3, -0.25) is 4.90 Å². The third-order valence-corrected chi connectivity index (χ3v) is 3.08. The maximum absolute atomic E-state index is 8.68. The first-order chi connectivity index (χ1) is 8.95. The number of rotatable bonds is 7. The summed E-state index contributed by atoms with van der Waals surface area (Å²) in [7, 11) is 1.93.